The molecule has 1 rings (SSSR count). The van der Waals surface area contributed by atoms with Crippen molar-refractivity contribution in [2.45, 2.75) is 59.0 Å². The molecule has 0 aromatic heterocycles. The second-order valence-electron chi connectivity index (χ2n) is 6.53. The zero-order valence-corrected chi connectivity index (χ0v) is 12.9. The van der Waals surface area contributed by atoms with Crippen molar-refractivity contribution in [2.75, 3.05) is 0 Å². The molecule has 0 spiro atoms. The molecule has 0 saturated carbocycles. The molecule has 0 N–H and O–H groups in total. The Labute approximate surface area is 98.3 Å². The summed E-state index contributed by atoms with van der Waals surface area (Å²) in [5.74, 6) is 0. The minimum Gasteiger partial charge on any atom is -0.337 e. The predicted molar refractivity (Wildman–Crippen MR) is 70.8 cm³/mol. The molecule has 1 saturated heterocycles. The molecule has 0 aromatic rings. The van der Waals surface area contributed by atoms with E-state index in [0.29, 0.717) is 0 Å². The Morgan fingerprint density at radius 3 is 1.27 bits per heavy atom. The van der Waals surface area contributed by atoms with Crippen LogP contribution in [0.5, 0.6) is 0 Å². The highest BCUT2D eigenvalue weighted by Crippen LogP contribution is 2.49. The van der Waals surface area contributed by atoms with Crippen LogP contribution < -0.4 is 0 Å². The first-order valence-corrected chi connectivity index (χ1v) is 6.52. The predicted octanol–water partition coefficient (Wildman–Crippen LogP) is 3.22. The Morgan fingerprint density at radius 1 is 0.800 bits per heavy atom. The topological polar surface area (TPSA) is 18.5 Å². The number of ether oxygens (including phenoxy) is 2. The lowest BCUT2D eigenvalue weighted by Crippen LogP contribution is -2.42. The first-order chi connectivity index (χ1) is 6.43. The van der Waals surface area contributed by atoms with Crippen molar-refractivity contribution >= 4 is 18.5 Å². The Hall–Kier alpha value is 0.780. The third-order valence-corrected chi connectivity index (χ3v) is 3.15. The van der Waals surface area contributed by atoms with Gasteiger partial charge in [-0.3, -0.25) is 0 Å². The molecular weight excluding hydrogens is 226 g/mol. The van der Waals surface area contributed by atoms with Gasteiger partial charge in [-0.2, -0.15) is 0 Å². The van der Waals surface area contributed by atoms with Crippen LogP contribution >= 0.6 is 18.5 Å². The van der Waals surface area contributed by atoms with Gasteiger partial charge in [0.05, 0.1) is 12.2 Å². The van der Waals surface area contributed by atoms with Crippen molar-refractivity contribution in [1.29, 1.82) is 0 Å². The fraction of sp³-hybridized carbons (Fsp3) is 1.00. The van der Waals surface area contributed by atoms with Gasteiger partial charge in [-0.1, -0.05) is 60.0 Å². The largest absolute Gasteiger partial charge is 0.337 e. The Balaban J connectivity index is 2.95. The van der Waals surface area contributed by atoms with E-state index < -0.39 is 5.27 Å². The lowest BCUT2D eigenvalue weighted by molar-refractivity contribution is -0.0481. The minimum absolute atomic E-state index is 0.0901. The maximum absolute atomic E-state index is 5.96. The van der Waals surface area contributed by atoms with Crippen LogP contribution in [0.3, 0.4) is 0 Å². The van der Waals surface area contributed by atoms with E-state index in [9.17, 15) is 0 Å². The zero-order valence-electron chi connectivity index (χ0n) is 10.6. The maximum atomic E-state index is 5.96. The van der Waals surface area contributed by atoms with E-state index in [1.165, 1.54) is 0 Å². The summed E-state index contributed by atoms with van der Waals surface area (Å²) in [5.41, 5.74) is 0.180. The highest BCUT2D eigenvalue weighted by Gasteiger charge is 2.51. The molecular formula is C11H24O2P2. The van der Waals surface area contributed by atoms with Crippen LogP contribution in [-0.4, -0.2) is 17.5 Å². The Morgan fingerprint density at radius 2 is 1.07 bits per heavy atom. The summed E-state index contributed by atoms with van der Waals surface area (Å²) in [6.45, 7) is 13.1. The molecule has 15 heavy (non-hydrogen) atoms. The second kappa shape index (κ2) is 3.91. The molecule has 0 amide bonds. The molecule has 1 aliphatic heterocycles. The van der Waals surface area contributed by atoms with Crippen molar-refractivity contribution in [3.63, 3.8) is 0 Å². The maximum Gasteiger partial charge on any atom is 0.194 e. The van der Waals surface area contributed by atoms with Crippen LogP contribution in [0.15, 0.2) is 0 Å². The molecule has 4 atom stereocenters. The SMILES string of the molecule is CC(C)(C)C1OC(P)(P)OC1C(C)(C)C. The summed E-state index contributed by atoms with van der Waals surface area (Å²) in [7, 11) is 5.22. The van der Waals surface area contributed by atoms with Crippen LogP contribution in [0.2, 0.25) is 0 Å². The van der Waals surface area contributed by atoms with Gasteiger partial charge in [-0.25, -0.2) is 0 Å². The van der Waals surface area contributed by atoms with Gasteiger partial charge in [0, 0.05) is 0 Å². The molecule has 1 fully saturated rings. The highest BCUT2D eigenvalue weighted by molar-refractivity contribution is 7.38. The fourth-order valence-electron chi connectivity index (χ4n) is 1.81. The molecule has 90 valence electrons. The summed E-state index contributed by atoms with van der Waals surface area (Å²) in [6, 6.07) is 0. The van der Waals surface area contributed by atoms with Crippen LogP contribution in [0.1, 0.15) is 41.5 Å². The first kappa shape index (κ1) is 13.8. The van der Waals surface area contributed by atoms with Crippen LogP contribution in [0.4, 0.5) is 0 Å². The third kappa shape index (κ3) is 3.37. The van der Waals surface area contributed by atoms with Gasteiger partial charge >= 0.3 is 0 Å². The van der Waals surface area contributed by atoms with Crippen molar-refractivity contribution in [2.24, 2.45) is 10.8 Å². The fourth-order valence-corrected chi connectivity index (χ4v) is 2.40. The van der Waals surface area contributed by atoms with Crippen molar-refractivity contribution in [1.82, 2.24) is 0 Å². The van der Waals surface area contributed by atoms with E-state index in [-0.39, 0.29) is 23.0 Å². The minimum atomic E-state index is -0.615. The van der Waals surface area contributed by atoms with Crippen molar-refractivity contribution in [3.8, 4) is 0 Å². The van der Waals surface area contributed by atoms with Gasteiger partial charge in [0.2, 0.25) is 0 Å². The molecule has 0 bridgehead atoms. The van der Waals surface area contributed by atoms with Crippen molar-refractivity contribution in [3.05, 3.63) is 0 Å². The quantitative estimate of drug-likeness (QED) is 0.614. The number of hydrogen-bond donors (Lipinski definition) is 0. The lowest BCUT2D eigenvalue weighted by atomic mass is 9.76. The number of hydrogen-bond acceptors (Lipinski definition) is 2. The zero-order chi connectivity index (χ0) is 12.1. The molecule has 0 aromatic carbocycles. The molecule has 2 nitrogen and oxygen atoms in total. The summed E-state index contributed by atoms with van der Waals surface area (Å²) < 4.78 is 11.9. The summed E-state index contributed by atoms with van der Waals surface area (Å²) in [6.07, 6.45) is 0.236. The second-order valence-corrected chi connectivity index (χ2v) is 8.81. The molecule has 4 heteroatoms. The van der Waals surface area contributed by atoms with Crippen molar-refractivity contribution < 1.29 is 9.47 Å². The Kier molecular flexibility index (Phi) is 3.61. The van der Waals surface area contributed by atoms with Gasteiger partial charge < -0.3 is 9.47 Å². The van der Waals surface area contributed by atoms with E-state index in [1.807, 2.05) is 0 Å². The van der Waals surface area contributed by atoms with Crippen LogP contribution in [-0.2, 0) is 9.47 Å². The summed E-state index contributed by atoms with van der Waals surface area (Å²) in [4.78, 5) is 0. The standard InChI is InChI=1S/C11H24O2P2/c1-9(2,3)7-8(10(4,5)6)13-11(14,15)12-7/h7-8H,14-15H2,1-6H3. The monoisotopic (exact) mass is 250 g/mol. The van der Waals surface area contributed by atoms with E-state index in [1.54, 1.807) is 0 Å². The lowest BCUT2D eigenvalue weighted by Gasteiger charge is -2.36. The van der Waals surface area contributed by atoms with Crippen LogP contribution in [0, 0.1) is 10.8 Å². The van der Waals surface area contributed by atoms with Gasteiger partial charge in [0.1, 0.15) is 0 Å². The normalized spacial score (nSPS) is 32.0. The average Bonchev–Trinajstić information content (AvgIpc) is 2.23. The van der Waals surface area contributed by atoms with E-state index in [2.05, 4.69) is 60.0 Å². The van der Waals surface area contributed by atoms with E-state index >= 15 is 0 Å². The summed E-state index contributed by atoms with van der Waals surface area (Å²) in [5, 5.41) is -0.615. The molecule has 0 aliphatic carbocycles. The van der Waals surface area contributed by atoms with Crippen LogP contribution in [0.25, 0.3) is 0 Å². The Bertz CT molecular complexity index is 214. The number of rotatable bonds is 0. The van der Waals surface area contributed by atoms with Gasteiger partial charge in [-0.05, 0) is 10.8 Å². The summed E-state index contributed by atoms with van der Waals surface area (Å²) >= 11 is 0. The highest BCUT2D eigenvalue weighted by atomic mass is 31.1. The first-order valence-electron chi connectivity index (χ1n) is 5.37. The van der Waals surface area contributed by atoms with E-state index in [4.69, 9.17) is 9.47 Å². The molecule has 1 heterocycles. The van der Waals surface area contributed by atoms with Gasteiger partial charge in [0.25, 0.3) is 0 Å². The van der Waals surface area contributed by atoms with E-state index in [0.717, 1.165) is 0 Å². The molecule has 4 unspecified atom stereocenters. The van der Waals surface area contributed by atoms with Gasteiger partial charge in [0.15, 0.2) is 5.27 Å². The third-order valence-electron chi connectivity index (χ3n) is 2.60. The molecule has 1 aliphatic rings. The van der Waals surface area contributed by atoms with Gasteiger partial charge in [-0.15, -0.1) is 0 Å². The molecule has 0 radical (unpaired) electrons. The smallest absolute Gasteiger partial charge is 0.194 e. The average molecular weight is 250 g/mol.